The first kappa shape index (κ1) is 9.54. The summed E-state index contributed by atoms with van der Waals surface area (Å²) < 4.78 is 13.2. The Hall–Kier alpha value is -0.550. The number of rotatable bonds is 1. The molecule has 0 amide bonds. The predicted molar refractivity (Wildman–Crippen MR) is 48.6 cm³/mol. The van der Waals surface area contributed by atoms with E-state index >= 15 is 0 Å². The van der Waals surface area contributed by atoms with Gasteiger partial charge in [0.15, 0.2) is 0 Å². The van der Waals surface area contributed by atoms with E-state index in [2.05, 4.69) is 16.7 Å². The molecule has 0 aliphatic carbocycles. The molecule has 2 atom stereocenters. The third-order valence-electron chi connectivity index (χ3n) is 2.43. The molecule has 12 heavy (non-hydrogen) atoms. The Kier molecular flexibility index (Phi) is 3.55. The summed E-state index contributed by atoms with van der Waals surface area (Å²) in [4.78, 5) is 2.08. The molecule has 0 aromatic heterocycles. The molecule has 1 rings (SSSR count). The van der Waals surface area contributed by atoms with Crippen LogP contribution in [0.2, 0.25) is 0 Å². The highest BCUT2D eigenvalue weighted by molar-refractivity contribution is 4.98. The largest absolute Gasteiger partial charge is 0.289 e. The maximum Gasteiger partial charge on any atom is 0.115 e. The van der Waals surface area contributed by atoms with Crippen LogP contribution in [0.15, 0.2) is 0 Å². The van der Waals surface area contributed by atoms with Gasteiger partial charge in [-0.05, 0) is 25.8 Å². The molecule has 1 aliphatic rings. The van der Waals surface area contributed by atoms with Crippen molar-refractivity contribution in [3.63, 3.8) is 0 Å². The van der Waals surface area contributed by atoms with E-state index in [9.17, 15) is 4.39 Å². The minimum Gasteiger partial charge on any atom is -0.289 e. The molecule has 0 N–H and O–H groups in total. The van der Waals surface area contributed by atoms with Gasteiger partial charge in [0.2, 0.25) is 0 Å². The molecule has 1 fully saturated rings. The third kappa shape index (κ3) is 2.49. The van der Waals surface area contributed by atoms with Crippen LogP contribution < -0.4 is 0 Å². The zero-order valence-electron chi connectivity index (χ0n) is 7.81. The third-order valence-corrected chi connectivity index (χ3v) is 2.43. The van der Waals surface area contributed by atoms with Gasteiger partial charge in [-0.1, -0.05) is 12.8 Å². The lowest BCUT2D eigenvalue weighted by Gasteiger charge is -2.31. The summed E-state index contributed by atoms with van der Waals surface area (Å²) >= 11 is 0. The van der Waals surface area contributed by atoms with Crippen LogP contribution in [0.25, 0.3) is 0 Å². The molecule has 0 bridgehead atoms. The molecule has 2 unspecified atom stereocenters. The van der Waals surface area contributed by atoms with E-state index in [4.69, 9.17) is 0 Å². The van der Waals surface area contributed by atoms with E-state index in [1.807, 2.05) is 13.8 Å². The summed E-state index contributed by atoms with van der Waals surface area (Å²) in [5.74, 6) is 6.02. The van der Waals surface area contributed by atoms with E-state index in [1.165, 1.54) is 0 Å². The Bertz CT molecular complexity index is 192. The predicted octanol–water partition coefficient (Wildman–Crippen LogP) is 1.69. The zero-order chi connectivity index (χ0) is 8.97. The maximum atomic E-state index is 13.2. The standard InChI is InChI=1S/C10H16FN/c1-3-4-6-12-7-5-9(2)10(11)8-12/h9-10H,5-8H2,1-2H3. The second-order valence-corrected chi connectivity index (χ2v) is 3.44. The number of likely N-dealkylation sites (tertiary alicyclic amines) is 1. The summed E-state index contributed by atoms with van der Waals surface area (Å²) in [6, 6.07) is 0. The van der Waals surface area contributed by atoms with Gasteiger partial charge in [0.1, 0.15) is 6.17 Å². The van der Waals surface area contributed by atoms with Gasteiger partial charge in [0, 0.05) is 6.54 Å². The topological polar surface area (TPSA) is 3.24 Å². The maximum absolute atomic E-state index is 13.2. The molecule has 68 valence electrons. The van der Waals surface area contributed by atoms with E-state index in [1.54, 1.807) is 0 Å². The first-order chi connectivity index (χ1) is 5.74. The number of halogens is 1. The second-order valence-electron chi connectivity index (χ2n) is 3.44. The lowest BCUT2D eigenvalue weighted by atomic mass is 9.97. The lowest BCUT2D eigenvalue weighted by molar-refractivity contribution is 0.103. The fraction of sp³-hybridized carbons (Fsp3) is 0.800. The van der Waals surface area contributed by atoms with Crippen LogP contribution in [0, 0.1) is 17.8 Å². The fourth-order valence-electron chi connectivity index (χ4n) is 1.42. The number of hydrogen-bond acceptors (Lipinski definition) is 1. The monoisotopic (exact) mass is 169 g/mol. The van der Waals surface area contributed by atoms with Crippen LogP contribution in [0.1, 0.15) is 20.3 Å². The van der Waals surface area contributed by atoms with Crippen molar-refractivity contribution < 1.29 is 4.39 Å². The molecule has 0 aromatic carbocycles. The van der Waals surface area contributed by atoms with Crippen LogP contribution in [0.5, 0.6) is 0 Å². The summed E-state index contributed by atoms with van der Waals surface area (Å²) in [5.41, 5.74) is 0. The van der Waals surface area contributed by atoms with Crippen molar-refractivity contribution in [3.8, 4) is 11.8 Å². The quantitative estimate of drug-likeness (QED) is 0.540. The summed E-state index contributed by atoms with van der Waals surface area (Å²) in [6.07, 6.45) is 0.310. The molecule has 1 heterocycles. The van der Waals surface area contributed by atoms with Crippen molar-refractivity contribution in [3.05, 3.63) is 0 Å². The minimum absolute atomic E-state index is 0.232. The highest BCUT2D eigenvalue weighted by atomic mass is 19.1. The van der Waals surface area contributed by atoms with Crippen LogP contribution in [0.4, 0.5) is 4.39 Å². The van der Waals surface area contributed by atoms with Gasteiger partial charge >= 0.3 is 0 Å². The summed E-state index contributed by atoms with van der Waals surface area (Å²) in [7, 11) is 0. The number of piperidine rings is 1. The second kappa shape index (κ2) is 4.47. The molecule has 0 aromatic rings. The van der Waals surface area contributed by atoms with Crippen LogP contribution in [-0.2, 0) is 0 Å². The summed E-state index contributed by atoms with van der Waals surface area (Å²) in [6.45, 7) is 6.09. The Morgan fingerprint density at radius 3 is 2.92 bits per heavy atom. The molecular formula is C10H16FN. The molecule has 1 saturated heterocycles. The number of alkyl halides is 1. The lowest BCUT2D eigenvalue weighted by Crippen LogP contribution is -2.40. The SMILES string of the molecule is CC#CCN1CCC(C)C(F)C1. The molecule has 1 nitrogen and oxygen atoms in total. The van der Waals surface area contributed by atoms with Crippen molar-refractivity contribution in [1.82, 2.24) is 4.90 Å². The molecular weight excluding hydrogens is 153 g/mol. The highest BCUT2D eigenvalue weighted by Gasteiger charge is 2.24. The summed E-state index contributed by atoms with van der Waals surface area (Å²) in [5, 5.41) is 0. The van der Waals surface area contributed by atoms with Crippen molar-refractivity contribution in [2.24, 2.45) is 5.92 Å². The van der Waals surface area contributed by atoms with E-state index in [0.717, 1.165) is 19.5 Å². The van der Waals surface area contributed by atoms with Gasteiger partial charge in [-0.3, -0.25) is 4.90 Å². The molecule has 0 radical (unpaired) electrons. The smallest absolute Gasteiger partial charge is 0.115 e. The van der Waals surface area contributed by atoms with Crippen molar-refractivity contribution >= 4 is 0 Å². The van der Waals surface area contributed by atoms with Gasteiger partial charge in [0.25, 0.3) is 0 Å². The average Bonchev–Trinajstić information content (AvgIpc) is 2.07. The van der Waals surface area contributed by atoms with Gasteiger partial charge < -0.3 is 0 Å². The van der Waals surface area contributed by atoms with Gasteiger partial charge in [-0.2, -0.15) is 0 Å². The van der Waals surface area contributed by atoms with Crippen LogP contribution in [-0.4, -0.2) is 30.7 Å². The van der Waals surface area contributed by atoms with E-state index < -0.39 is 6.17 Å². The Balaban J connectivity index is 2.33. The number of hydrogen-bond donors (Lipinski definition) is 0. The normalized spacial score (nSPS) is 30.9. The molecule has 1 aliphatic heterocycles. The van der Waals surface area contributed by atoms with Gasteiger partial charge in [-0.15, -0.1) is 5.92 Å². The van der Waals surface area contributed by atoms with Crippen molar-refractivity contribution in [2.75, 3.05) is 19.6 Å². The Morgan fingerprint density at radius 1 is 1.58 bits per heavy atom. The molecule has 0 saturated carbocycles. The van der Waals surface area contributed by atoms with E-state index in [0.29, 0.717) is 6.54 Å². The highest BCUT2D eigenvalue weighted by Crippen LogP contribution is 2.18. The Labute approximate surface area is 73.9 Å². The average molecular weight is 169 g/mol. The van der Waals surface area contributed by atoms with Gasteiger partial charge in [0.05, 0.1) is 6.54 Å². The first-order valence-electron chi connectivity index (χ1n) is 4.50. The Morgan fingerprint density at radius 2 is 2.33 bits per heavy atom. The fourth-order valence-corrected chi connectivity index (χ4v) is 1.42. The van der Waals surface area contributed by atoms with Gasteiger partial charge in [-0.25, -0.2) is 4.39 Å². The van der Waals surface area contributed by atoms with Crippen molar-refractivity contribution in [1.29, 1.82) is 0 Å². The van der Waals surface area contributed by atoms with E-state index in [-0.39, 0.29) is 5.92 Å². The van der Waals surface area contributed by atoms with Crippen LogP contribution >= 0.6 is 0 Å². The molecule has 2 heteroatoms. The van der Waals surface area contributed by atoms with Crippen LogP contribution in [0.3, 0.4) is 0 Å². The minimum atomic E-state index is -0.655. The first-order valence-corrected chi connectivity index (χ1v) is 4.50. The number of nitrogens with zero attached hydrogens (tertiary/aromatic N) is 1. The molecule has 0 spiro atoms. The van der Waals surface area contributed by atoms with Crippen molar-refractivity contribution in [2.45, 2.75) is 26.4 Å². The zero-order valence-corrected chi connectivity index (χ0v) is 7.81.